The van der Waals surface area contributed by atoms with Crippen LogP contribution in [0.15, 0.2) is 22.7 Å². The van der Waals surface area contributed by atoms with Gasteiger partial charge in [-0.1, -0.05) is 22.0 Å². The van der Waals surface area contributed by atoms with E-state index in [4.69, 9.17) is 5.11 Å². The Bertz CT molecular complexity index is 352. The first kappa shape index (κ1) is 11.0. The van der Waals surface area contributed by atoms with Crippen LogP contribution in [0.3, 0.4) is 0 Å². The number of halogens is 1. The quantitative estimate of drug-likeness (QED) is 0.884. The molecule has 0 radical (unpaired) electrons. The van der Waals surface area contributed by atoms with Gasteiger partial charge in [0.1, 0.15) is 0 Å². The van der Waals surface area contributed by atoms with Gasteiger partial charge in [-0.2, -0.15) is 0 Å². The number of carboxylic acid groups (broad SMARTS) is 1. The highest BCUT2D eigenvalue weighted by atomic mass is 79.9. The van der Waals surface area contributed by atoms with Crippen molar-refractivity contribution >= 4 is 27.7 Å². The zero-order valence-electron chi connectivity index (χ0n) is 8.12. The first-order chi connectivity index (χ1) is 6.57. The minimum absolute atomic E-state index is 0.451. The lowest BCUT2D eigenvalue weighted by Crippen LogP contribution is -2.29. The van der Waals surface area contributed by atoms with E-state index in [1.807, 2.05) is 26.0 Å². The second-order valence-electron chi connectivity index (χ2n) is 2.91. The van der Waals surface area contributed by atoms with Crippen molar-refractivity contribution in [2.24, 2.45) is 0 Å². The molecular weight excluding hydrogens is 246 g/mol. The summed E-state index contributed by atoms with van der Waals surface area (Å²) in [5.41, 5.74) is 1.67. The maximum atomic E-state index is 10.9. The number of hydrogen-bond donors (Lipinski definition) is 1. The van der Waals surface area contributed by atoms with E-state index in [1.165, 1.54) is 4.90 Å². The van der Waals surface area contributed by atoms with Gasteiger partial charge in [0.25, 0.3) is 0 Å². The van der Waals surface area contributed by atoms with Crippen LogP contribution < -0.4 is 4.90 Å². The van der Waals surface area contributed by atoms with Gasteiger partial charge in [0.2, 0.25) is 0 Å². The van der Waals surface area contributed by atoms with Crippen LogP contribution in [0.25, 0.3) is 0 Å². The summed E-state index contributed by atoms with van der Waals surface area (Å²) in [7, 11) is 0. The molecule has 0 aliphatic rings. The Labute approximate surface area is 91.5 Å². The Morgan fingerprint density at radius 2 is 2.21 bits per heavy atom. The van der Waals surface area contributed by atoms with Gasteiger partial charge in [-0.3, -0.25) is 4.90 Å². The van der Waals surface area contributed by atoms with Crippen LogP contribution in [0.5, 0.6) is 0 Å². The molecule has 0 saturated carbocycles. The summed E-state index contributed by atoms with van der Waals surface area (Å²) in [5, 5.41) is 8.95. The standard InChI is InChI=1S/C10H12BrNO2/c1-3-12(10(13)14)9-6-4-5-8(11)7(9)2/h4-6H,3H2,1-2H3,(H,13,14). The third-order valence-electron chi connectivity index (χ3n) is 2.08. The van der Waals surface area contributed by atoms with Gasteiger partial charge in [-0.15, -0.1) is 0 Å². The summed E-state index contributed by atoms with van der Waals surface area (Å²) in [6, 6.07) is 5.53. The summed E-state index contributed by atoms with van der Waals surface area (Å²) in [6.45, 7) is 4.16. The molecular formula is C10H12BrNO2. The molecule has 4 heteroatoms. The van der Waals surface area contributed by atoms with E-state index < -0.39 is 6.09 Å². The van der Waals surface area contributed by atoms with E-state index in [0.29, 0.717) is 6.54 Å². The summed E-state index contributed by atoms with van der Waals surface area (Å²) in [5.74, 6) is 0. The van der Waals surface area contributed by atoms with Gasteiger partial charge >= 0.3 is 6.09 Å². The summed E-state index contributed by atoms with van der Waals surface area (Å²) in [4.78, 5) is 12.2. The van der Waals surface area contributed by atoms with E-state index in [0.717, 1.165) is 15.7 Å². The number of benzene rings is 1. The highest BCUT2D eigenvalue weighted by Gasteiger charge is 2.14. The molecule has 0 unspecified atom stereocenters. The molecule has 0 bridgehead atoms. The third-order valence-corrected chi connectivity index (χ3v) is 2.94. The Hall–Kier alpha value is -1.03. The molecule has 0 fully saturated rings. The molecule has 1 aromatic carbocycles. The van der Waals surface area contributed by atoms with Crippen LogP contribution >= 0.6 is 15.9 Å². The predicted molar refractivity (Wildman–Crippen MR) is 59.9 cm³/mol. The maximum Gasteiger partial charge on any atom is 0.411 e. The summed E-state index contributed by atoms with van der Waals surface area (Å²) < 4.78 is 0.926. The monoisotopic (exact) mass is 257 g/mol. The molecule has 0 aliphatic heterocycles. The lowest BCUT2D eigenvalue weighted by Gasteiger charge is -2.19. The number of hydrogen-bond acceptors (Lipinski definition) is 1. The molecule has 3 nitrogen and oxygen atoms in total. The van der Waals surface area contributed by atoms with Gasteiger partial charge in [0.05, 0.1) is 5.69 Å². The lowest BCUT2D eigenvalue weighted by molar-refractivity contribution is 0.202. The fourth-order valence-corrected chi connectivity index (χ4v) is 1.65. The molecule has 1 aromatic rings. The molecule has 14 heavy (non-hydrogen) atoms. The Kier molecular flexibility index (Phi) is 3.52. The summed E-state index contributed by atoms with van der Waals surface area (Å²) >= 11 is 3.37. The zero-order chi connectivity index (χ0) is 10.7. The number of amides is 1. The van der Waals surface area contributed by atoms with Crippen LogP contribution in [-0.2, 0) is 0 Å². The Morgan fingerprint density at radius 1 is 1.57 bits per heavy atom. The third kappa shape index (κ3) is 2.07. The van der Waals surface area contributed by atoms with Gasteiger partial charge < -0.3 is 5.11 Å². The smallest absolute Gasteiger partial charge is 0.411 e. The average Bonchev–Trinajstić information content (AvgIpc) is 2.13. The SMILES string of the molecule is CCN(C(=O)O)c1cccc(Br)c1C. The van der Waals surface area contributed by atoms with Crippen LogP contribution in [0.1, 0.15) is 12.5 Å². The van der Waals surface area contributed by atoms with Gasteiger partial charge in [-0.25, -0.2) is 4.79 Å². The molecule has 1 rings (SSSR count). The van der Waals surface area contributed by atoms with Gasteiger partial charge in [-0.05, 0) is 31.5 Å². The Balaban J connectivity index is 3.16. The second kappa shape index (κ2) is 4.46. The zero-order valence-corrected chi connectivity index (χ0v) is 9.71. The largest absolute Gasteiger partial charge is 0.465 e. The van der Waals surface area contributed by atoms with Gasteiger partial charge in [0, 0.05) is 11.0 Å². The van der Waals surface area contributed by atoms with Crippen molar-refractivity contribution in [2.75, 3.05) is 11.4 Å². The van der Waals surface area contributed by atoms with Gasteiger partial charge in [0.15, 0.2) is 0 Å². The molecule has 76 valence electrons. The lowest BCUT2D eigenvalue weighted by atomic mass is 10.2. The number of carbonyl (C=O) groups is 1. The Morgan fingerprint density at radius 3 is 2.71 bits per heavy atom. The average molecular weight is 258 g/mol. The van der Waals surface area contributed by atoms with Crippen molar-refractivity contribution in [3.05, 3.63) is 28.2 Å². The fraction of sp³-hybridized carbons (Fsp3) is 0.300. The molecule has 0 spiro atoms. The first-order valence-electron chi connectivity index (χ1n) is 4.33. The molecule has 0 aliphatic carbocycles. The molecule has 0 atom stereocenters. The van der Waals surface area contributed by atoms with Crippen molar-refractivity contribution in [3.8, 4) is 0 Å². The number of rotatable bonds is 2. The highest BCUT2D eigenvalue weighted by molar-refractivity contribution is 9.10. The predicted octanol–water partition coefficient (Wildman–Crippen LogP) is 3.26. The number of anilines is 1. The van der Waals surface area contributed by atoms with Crippen LogP contribution in [-0.4, -0.2) is 17.7 Å². The van der Waals surface area contributed by atoms with E-state index in [1.54, 1.807) is 6.07 Å². The minimum Gasteiger partial charge on any atom is -0.465 e. The van der Waals surface area contributed by atoms with E-state index >= 15 is 0 Å². The topological polar surface area (TPSA) is 40.5 Å². The molecule has 0 aromatic heterocycles. The molecule has 0 saturated heterocycles. The summed E-state index contributed by atoms with van der Waals surface area (Å²) in [6.07, 6.45) is -0.922. The van der Waals surface area contributed by atoms with Crippen LogP contribution in [0.2, 0.25) is 0 Å². The van der Waals surface area contributed by atoms with Crippen LogP contribution in [0, 0.1) is 6.92 Å². The van der Waals surface area contributed by atoms with Crippen molar-refractivity contribution in [1.82, 2.24) is 0 Å². The molecule has 0 heterocycles. The van der Waals surface area contributed by atoms with Crippen molar-refractivity contribution in [2.45, 2.75) is 13.8 Å². The van der Waals surface area contributed by atoms with E-state index in [2.05, 4.69) is 15.9 Å². The fourth-order valence-electron chi connectivity index (χ4n) is 1.30. The van der Waals surface area contributed by atoms with Crippen molar-refractivity contribution < 1.29 is 9.90 Å². The van der Waals surface area contributed by atoms with Crippen molar-refractivity contribution in [1.29, 1.82) is 0 Å². The molecule has 1 N–H and O–H groups in total. The van der Waals surface area contributed by atoms with E-state index in [-0.39, 0.29) is 0 Å². The molecule has 1 amide bonds. The second-order valence-corrected chi connectivity index (χ2v) is 3.77. The first-order valence-corrected chi connectivity index (χ1v) is 5.12. The highest BCUT2D eigenvalue weighted by Crippen LogP contribution is 2.26. The van der Waals surface area contributed by atoms with E-state index in [9.17, 15) is 4.79 Å². The minimum atomic E-state index is -0.922. The van der Waals surface area contributed by atoms with Crippen molar-refractivity contribution in [3.63, 3.8) is 0 Å². The maximum absolute atomic E-state index is 10.9. The van der Waals surface area contributed by atoms with Crippen LogP contribution in [0.4, 0.5) is 10.5 Å². The normalized spacial score (nSPS) is 9.93. The number of nitrogens with zero attached hydrogens (tertiary/aromatic N) is 1.